The molecule has 0 radical (unpaired) electrons. The van der Waals surface area contributed by atoms with Crippen LogP contribution >= 0.6 is 34.7 Å². The second-order valence-electron chi connectivity index (χ2n) is 7.01. The molecule has 4 aromatic rings. The van der Waals surface area contributed by atoms with Crippen LogP contribution in [0.15, 0.2) is 53.1 Å². The molecule has 0 N–H and O–H groups in total. The maximum absolute atomic E-state index is 12.4. The van der Waals surface area contributed by atoms with Crippen molar-refractivity contribution < 1.29 is 28.3 Å². The number of rotatable bonds is 7. The monoisotopic (exact) mass is 518 g/mol. The van der Waals surface area contributed by atoms with Gasteiger partial charge < -0.3 is 18.7 Å². The summed E-state index contributed by atoms with van der Waals surface area (Å²) in [6.07, 6.45) is 0. The summed E-state index contributed by atoms with van der Waals surface area (Å²) in [5, 5.41) is 3.81. The van der Waals surface area contributed by atoms with E-state index >= 15 is 0 Å². The number of hydrogen-bond donors (Lipinski definition) is 0. The summed E-state index contributed by atoms with van der Waals surface area (Å²) in [5.41, 5.74) is 2.46. The van der Waals surface area contributed by atoms with E-state index in [1.54, 1.807) is 12.1 Å². The fourth-order valence-corrected chi connectivity index (χ4v) is 3.85. The highest BCUT2D eigenvalue weighted by Crippen LogP contribution is 2.33. The second-order valence-corrected chi connectivity index (χ2v) is 8.77. The van der Waals surface area contributed by atoms with Crippen LogP contribution in [0.5, 0.6) is 11.5 Å². The zero-order valence-electron chi connectivity index (χ0n) is 17.8. The third-order valence-electron chi connectivity index (χ3n) is 4.65. The highest BCUT2D eigenvalue weighted by molar-refractivity contribution is 7.11. The number of nitrogens with zero attached hydrogens (tertiary/aromatic N) is 2. The van der Waals surface area contributed by atoms with Crippen molar-refractivity contribution in [2.75, 3.05) is 7.11 Å². The number of esters is 2. The van der Waals surface area contributed by atoms with E-state index in [4.69, 9.17) is 41.9 Å². The molecule has 34 heavy (non-hydrogen) atoms. The lowest BCUT2D eigenvalue weighted by Crippen LogP contribution is -2.10. The summed E-state index contributed by atoms with van der Waals surface area (Å²) < 4.78 is 25.3. The predicted octanol–water partition coefficient (Wildman–Crippen LogP) is 6.00. The van der Waals surface area contributed by atoms with Crippen molar-refractivity contribution in [2.45, 2.75) is 13.5 Å². The minimum Gasteiger partial charge on any atom is -0.493 e. The third kappa shape index (κ3) is 5.22. The van der Waals surface area contributed by atoms with Gasteiger partial charge in [-0.15, -0.1) is 0 Å². The molecule has 11 heteroatoms. The van der Waals surface area contributed by atoms with E-state index in [0.29, 0.717) is 11.3 Å². The number of aromatic nitrogens is 2. The predicted molar refractivity (Wildman–Crippen MR) is 126 cm³/mol. The molecule has 2 aromatic heterocycles. The molecule has 0 fully saturated rings. The fraction of sp³-hybridized carbons (Fsp3) is 0.130. The van der Waals surface area contributed by atoms with Gasteiger partial charge in [-0.05, 0) is 36.2 Å². The number of ether oxygens (including phenoxy) is 3. The van der Waals surface area contributed by atoms with Crippen LogP contribution in [0.25, 0.3) is 11.3 Å². The van der Waals surface area contributed by atoms with Gasteiger partial charge >= 0.3 is 11.9 Å². The molecule has 2 heterocycles. The van der Waals surface area contributed by atoms with Crippen LogP contribution < -0.4 is 9.47 Å². The van der Waals surface area contributed by atoms with Gasteiger partial charge in [-0.1, -0.05) is 64.3 Å². The molecule has 0 aliphatic carbocycles. The fourth-order valence-electron chi connectivity index (χ4n) is 2.87. The Morgan fingerprint density at radius 3 is 2.47 bits per heavy atom. The lowest BCUT2D eigenvalue weighted by atomic mass is 10.1. The van der Waals surface area contributed by atoms with Crippen molar-refractivity contribution in [3.63, 3.8) is 0 Å². The van der Waals surface area contributed by atoms with Crippen LogP contribution in [0, 0.1) is 6.92 Å². The van der Waals surface area contributed by atoms with E-state index in [2.05, 4.69) is 9.53 Å². The summed E-state index contributed by atoms with van der Waals surface area (Å²) in [6.45, 7) is 1.91. The van der Waals surface area contributed by atoms with Gasteiger partial charge in [0.1, 0.15) is 16.0 Å². The van der Waals surface area contributed by atoms with Crippen LogP contribution in [0.4, 0.5) is 0 Å². The van der Waals surface area contributed by atoms with Gasteiger partial charge in [0.2, 0.25) is 0 Å². The Kier molecular flexibility index (Phi) is 7.16. The Labute approximate surface area is 208 Å². The molecule has 0 aliphatic heterocycles. The van der Waals surface area contributed by atoms with E-state index in [-0.39, 0.29) is 38.9 Å². The first-order valence-electron chi connectivity index (χ1n) is 9.76. The molecule has 0 spiro atoms. The number of carbonyl (C=O) groups is 2. The van der Waals surface area contributed by atoms with Gasteiger partial charge in [0.05, 0.1) is 7.11 Å². The van der Waals surface area contributed by atoms with Crippen molar-refractivity contribution in [3.05, 3.63) is 80.4 Å². The largest absolute Gasteiger partial charge is 0.493 e. The summed E-state index contributed by atoms with van der Waals surface area (Å²) in [5.74, 6) is -0.571. The Morgan fingerprint density at radius 1 is 1.03 bits per heavy atom. The highest BCUT2D eigenvalue weighted by Gasteiger charge is 2.21. The molecule has 0 atom stereocenters. The third-order valence-corrected chi connectivity index (χ3v) is 6.26. The molecule has 4 rings (SSSR count). The van der Waals surface area contributed by atoms with Crippen LogP contribution in [-0.2, 0) is 11.3 Å². The summed E-state index contributed by atoms with van der Waals surface area (Å²) in [4.78, 5) is 24.7. The summed E-state index contributed by atoms with van der Waals surface area (Å²) >= 11 is 12.7. The number of hydrogen-bond acceptors (Lipinski definition) is 9. The smallest absolute Gasteiger partial charge is 0.365 e. The molecule has 0 saturated carbocycles. The molecular weight excluding hydrogens is 503 g/mol. The number of benzene rings is 2. The number of halogens is 2. The Morgan fingerprint density at radius 2 is 1.79 bits per heavy atom. The van der Waals surface area contributed by atoms with Crippen molar-refractivity contribution in [2.24, 2.45) is 0 Å². The van der Waals surface area contributed by atoms with E-state index in [1.165, 1.54) is 19.2 Å². The SMILES string of the molecule is COc1cc(COC(=O)c2cc(-c3ccc(C)cc3)on2)ccc1OC(=O)c1nsc(Cl)c1Cl. The number of aryl methyl sites for hydroxylation is 1. The van der Waals surface area contributed by atoms with Gasteiger partial charge in [-0.2, -0.15) is 4.37 Å². The second kappa shape index (κ2) is 10.3. The summed E-state index contributed by atoms with van der Waals surface area (Å²) in [7, 11) is 1.41. The van der Waals surface area contributed by atoms with Crippen LogP contribution in [-0.4, -0.2) is 28.6 Å². The molecule has 0 unspecified atom stereocenters. The van der Waals surface area contributed by atoms with Crippen molar-refractivity contribution in [1.82, 2.24) is 9.53 Å². The summed E-state index contributed by atoms with van der Waals surface area (Å²) in [6, 6.07) is 13.8. The van der Waals surface area contributed by atoms with Crippen molar-refractivity contribution in [1.29, 1.82) is 0 Å². The first-order chi connectivity index (χ1) is 16.4. The van der Waals surface area contributed by atoms with Gasteiger partial charge in [0.25, 0.3) is 0 Å². The molecular formula is C23H16Cl2N2O6S. The zero-order chi connectivity index (χ0) is 24.2. The topological polar surface area (TPSA) is 101 Å². The van der Waals surface area contributed by atoms with Crippen molar-refractivity contribution in [3.8, 4) is 22.8 Å². The van der Waals surface area contributed by atoms with Crippen LogP contribution in [0.1, 0.15) is 32.1 Å². The average Bonchev–Trinajstić information content (AvgIpc) is 3.46. The Balaban J connectivity index is 1.40. The quantitative estimate of drug-likeness (QED) is 0.217. The Bertz CT molecular complexity index is 1350. The van der Waals surface area contributed by atoms with E-state index in [0.717, 1.165) is 22.7 Å². The maximum atomic E-state index is 12.4. The normalized spacial score (nSPS) is 10.7. The van der Waals surface area contributed by atoms with Gasteiger partial charge in [0.15, 0.2) is 28.6 Å². The van der Waals surface area contributed by atoms with E-state index in [1.807, 2.05) is 31.2 Å². The maximum Gasteiger partial charge on any atom is 0.365 e. The van der Waals surface area contributed by atoms with E-state index in [9.17, 15) is 9.59 Å². The van der Waals surface area contributed by atoms with Gasteiger partial charge in [-0.3, -0.25) is 0 Å². The molecule has 0 amide bonds. The van der Waals surface area contributed by atoms with Crippen LogP contribution in [0.2, 0.25) is 9.36 Å². The zero-order valence-corrected chi connectivity index (χ0v) is 20.2. The molecule has 0 bridgehead atoms. The molecule has 0 aliphatic rings. The van der Waals surface area contributed by atoms with E-state index < -0.39 is 11.9 Å². The minimum atomic E-state index is -0.777. The molecule has 174 valence electrons. The number of methoxy groups -OCH3 is 1. The molecule has 0 saturated heterocycles. The lowest BCUT2D eigenvalue weighted by molar-refractivity contribution is 0.0460. The standard InChI is InChI=1S/C23H16Cl2N2O6S/c1-12-3-6-14(7-4-12)17-10-15(26-33-17)22(28)31-11-13-5-8-16(18(9-13)30-2)32-23(29)20-19(24)21(25)34-27-20/h3-10H,11H2,1-2H3. The first kappa shape index (κ1) is 23.7. The Hall–Kier alpha value is -3.40. The van der Waals surface area contributed by atoms with Crippen LogP contribution in [0.3, 0.4) is 0 Å². The molecule has 2 aromatic carbocycles. The van der Waals surface area contributed by atoms with Gasteiger partial charge in [-0.25, -0.2) is 9.59 Å². The molecule has 8 nitrogen and oxygen atoms in total. The van der Waals surface area contributed by atoms with Gasteiger partial charge in [0, 0.05) is 11.6 Å². The highest BCUT2D eigenvalue weighted by atomic mass is 35.5. The first-order valence-corrected chi connectivity index (χ1v) is 11.3. The van der Waals surface area contributed by atoms with Crippen molar-refractivity contribution >= 4 is 46.7 Å². The lowest BCUT2D eigenvalue weighted by Gasteiger charge is -2.10. The number of carbonyl (C=O) groups excluding carboxylic acids is 2. The minimum absolute atomic E-state index is 0.0255. The average molecular weight is 519 g/mol.